The Hall–Kier alpha value is -1.12. The molecule has 1 fully saturated rings. The molecule has 1 aromatic carbocycles. The fourth-order valence-corrected chi connectivity index (χ4v) is 2.70. The molecule has 0 aromatic heterocycles. The highest BCUT2D eigenvalue weighted by atomic mass is 15.1. The third-order valence-electron chi connectivity index (χ3n) is 3.88. The third kappa shape index (κ3) is 3.44. The highest BCUT2D eigenvalue weighted by Gasteiger charge is 2.22. The van der Waals surface area contributed by atoms with E-state index in [1.54, 1.807) is 0 Å². The lowest BCUT2D eigenvalue weighted by molar-refractivity contribution is 0.178. The summed E-state index contributed by atoms with van der Waals surface area (Å²) in [5, 5.41) is 0. The standard InChI is InChI=1S/C16H24N2/c1-13(15-7-4-3-5-8-15)11-18-10-6-9-16(12-18)14(2)17/h3-5,7-8,14,16H,1,6,9-12,17H2,2H3. The van der Waals surface area contributed by atoms with E-state index in [2.05, 4.69) is 42.7 Å². The Morgan fingerprint density at radius 3 is 2.83 bits per heavy atom. The Balaban J connectivity index is 1.91. The lowest BCUT2D eigenvalue weighted by Gasteiger charge is -2.35. The van der Waals surface area contributed by atoms with E-state index in [0.29, 0.717) is 12.0 Å². The van der Waals surface area contributed by atoms with Crippen molar-refractivity contribution in [3.8, 4) is 0 Å². The minimum atomic E-state index is 0.304. The second kappa shape index (κ2) is 6.17. The second-order valence-corrected chi connectivity index (χ2v) is 5.47. The van der Waals surface area contributed by atoms with Gasteiger partial charge in [-0.2, -0.15) is 0 Å². The van der Waals surface area contributed by atoms with Gasteiger partial charge in [0, 0.05) is 19.1 Å². The number of benzene rings is 1. The van der Waals surface area contributed by atoms with E-state index >= 15 is 0 Å². The van der Waals surface area contributed by atoms with E-state index < -0.39 is 0 Å². The van der Waals surface area contributed by atoms with Crippen molar-refractivity contribution < 1.29 is 0 Å². The number of nitrogens with two attached hydrogens (primary N) is 1. The Bertz CT molecular complexity index is 383. The van der Waals surface area contributed by atoms with E-state index in [0.717, 1.165) is 13.1 Å². The summed E-state index contributed by atoms with van der Waals surface area (Å²) in [5.41, 5.74) is 8.48. The topological polar surface area (TPSA) is 29.3 Å². The molecule has 0 radical (unpaired) electrons. The molecule has 0 spiro atoms. The van der Waals surface area contributed by atoms with Gasteiger partial charge in [0.25, 0.3) is 0 Å². The molecule has 2 heteroatoms. The van der Waals surface area contributed by atoms with Crippen LogP contribution in [0.25, 0.3) is 5.57 Å². The molecule has 2 atom stereocenters. The number of likely N-dealkylation sites (tertiary alicyclic amines) is 1. The number of piperidine rings is 1. The summed E-state index contributed by atoms with van der Waals surface area (Å²) < 4.78 is 0. The summed E-state index contributed by atoms with van der Waals surface area (Å²) in [6, 6.07) is 10.8. The second-order valence-electron chi connectivity index (χ2n) is 5.47. The smallest absolute Gasteiger partial charge is 0.0233 e. The Morgan fingerprint density at radius 2 is 2.17 bits per heavy atom. The molecule has 2 nitrogen and oxygen atoms in total. The van der Waals surface area contributed by atoms with Crippen LogP contribution in [0.1, 0.15) is 25.3 Å². The first-order chi connectivity index (χ1) is 8.66. The first-order valence-electron chi connectivity index (χ1n) is 6.88. The van der Waals surface area contributed by atoms with E-state index in [9.17, 15) is 0 Å². The highest BCUT2D eigenvalue weighted by Crippen LogP contribution is 2.21. The quantitative estimate of drug-likeness (QED) is 0.882. The zero-order chi connectivity index (χ0) is 13.0. The summed E-state index contributed by atoms with van der Waals surface area (Å²) in [6.45, 7) is 9.60. The largest absolute Gasteiger partial charge is 0.328 e. The van der Waals surface area contributed by atoms with Crippen LogP contribution < -0.4 is 5.73 Å². The molecule has 1 aliphatic rings. The van der Waals surface area contributed by atoms with Gasteiger partial charge in [0.15, 0.2) is 0 Å². The van der Waals surface area contributed by atoms with Crippen molar-refractivity contribution in [2.45, 2.75) is 25.8 Å². The van der Waals surface area contributed by atoms with Gasteiger partial charge in [-0.15, -0.1) is 0 Å². The SMILES string of the molecule is C=C(CN1CCCC(C(C)N)C1)c1ccccc1. The maximum absolute atomic E-state index is 6.02. The molecule has 2 N–H and O–H groups in total. The molecule has 0 saturated carbocycles. The predicted molar refractivity (Wildman–Crippen MR) is 78.3 cm³/mol. The van der Waals surface area contributed by atoms with Crippen molar-refractivity contribution >= 4 is 5.57 Å². The van der Waals surface area contributed by atoms with Gasteiger partial charge in [0.1, 0.15) is 0 Å². The molecule has 98 valence electrons. The van der Waals surface area contributed by atoms with Crippen LogP contribution in [0.4, 0.5) is 0 Å². The summed E-state index contributed by atoms with van der Waals surface area (Å²) >= 11 is 0. The van der Waals surface area contributed by atoms with E-state index in [1.165, 1.54) is 30.5 Å². The van der Waals surface area contributed by atoms with Crippen molar-refractivity contribution in [2.75, 3.05) is 19.6 Å². The molecule has 2 rings (SSSR count). The van der Waals surface area contributed by atoms with Gasteiger partial charge in [-0.1, -0.05) is 36.9 Å². The summed E-state index contributed by atoms with van der Waals surface area (Å²) in [6.07, 6.45) is 2.53. The van der Waals surface area contributed by atoms with Crippen molar-refractivity contribution in [2.24, 2.45) is 11.7 Å². The highest BCUT2D eigenvalue weighted by molar-refractivity contribution is 5.64. The van der Waals surface area contributed by atoms with Crippen LogP contribution in [-0.4, -0.2) is 30.6 Å². The van der Waals surface area contributed by atoms with Gasteiger partial charge < -0.3 is 5.73 Å². The van der Waals surface area contributed by atoms with E-state index in [4.69, 9.17) is 5.73 Å². The number of hydrogen-bond acceptors (Lipinski definition) is 2. The van der Waals surface area contributed by atoms with Gasteiger partial charge in [-0.05, 0) is 43.4 Å². The monoisotopic (exact) mass is 244 g/mol. The van der Waals surface area contributed by atoms with Gasteiger partial charge in [0.2, 0.25) is 0 Å². The normalized spacial score (nSPS) is 22.7. The molecular formula is C16H24N2. The average molecular weight is 244 g/mol. The summed E-state index contributed by atoms with van der Waals surface area (Å²) in [7, 11) is 0. The molecule has 1 aromatic rings. The minimum Gasteiger partial charge on any atom is -0.328 e. The number of rotatable bonds is 4. The third-order valence-corrected chi connectivity index (χ3v) is 3.88. The van der Waals surface area contributed by atoms with Crippen LogP contribution in [0.5, 0.6) is 0 Å². The van der Waals surface area contributed by atoms with Crippen LogP contribution in [-0.2, 0) is 0 Å². The van der Waals surface area contributed by atoms with Gasteiger partial charge in [-0.25, -0.2) is 0 Å². The Morgan fingerprint density at radius 1 is 1.44 bits per heavy atom. The van der Waals surface area contributed by atoms with Crippen LogP contribution in [0, 0.1) is 5.92 Å². The maximum Gasteiger partial charge on any atom is 0.0233 e. The molecule has 1 saturated heterocycles. The lowest BCUT2D eigenvalue weighted by Crippen LogP contribution is -2.42. The molecule has 0 aliphatic carbocycles. The first-order valence-corrected chi connectivity index (χ1v) is 6.88. The minimum absolute atomic E-state index is 0.304. The number of hydrogen-bond donors (Lipinski definition) is 1. The van der Waals surface area contributed by atoms with Crippen molar-refractivity contribution in [3.05, 3.63) is 42.5 Å². The van der Waals surface area contributed by atoms with Crippen LogP contribution in [0.2, 0.25) is 0 Å². The van der Waals surface area contributed by atoms with Crippen LogP contribution >= 0.6 is 0 Å². The van der Waals surface area contributed by atoms with Crippen molar-refractivity contribution in [1.29, 1.82) is 0 Å². The Labute approximate surface area is 110 Å². The molecular weight excluding hydrogens is 220 g/mol. The van der Waals surface area contributed by atoms with Gasteiger partial charge in [0.05, 0.1) is 0 Å². The Kier molecular flexibility index (Phi) is 4.56. The maximum atomic E-state index is 6.02. The fraction of sp³-hybridized carbons (Fsp3) is 0.500. The van der Waals surface area contributed by atoms with E-state index in [-0.39, 0.29) is 0 Å². The van der Waals surface area contributed by atoms with Gasteiger partial charge >= 0.3 is 0 Å². The molecule has 1 aliphatic heterocycles. The van der Waals surface area contributed by atoms with Crippen molar-refractivity contribution in [3.63, 3.8) is 0 Å². The summed E-state index contributed by atoms with van der Waals surface area (Å²) in [5.74, 6) is 0.641. The molecule has 2 unspecified atom stereocenters. The van der Waals surface area contributed by atoms with Crippen molar-refractivity contribution in [1.82, 2.24) is 4.90 Å². The summed E-state index contributed by atoms with van der Waals surface area (Å²) in [4.78, 5) is 2.49. The molecule has 0 bridgehead atoms. The fourth-order valence-electron chi connectivity index (χ4n) is 2.70. The number of nitrogens with zero attached hydrogens (tertiary/aromatic N) is 1. The zero-order valence-electron chi connectivity index (χ0n) is 11.3. The molecule has 18 heavy (non-hydrogen) atoms. The van der Waals surface area contributed by atoms with Crippen LogP contribution in [0.15, 0.2) is 36.9 Å². The van der Waals surface area contributed by atoms with Gasteiger partial charge in [-0.3, -0.25) is 4.90 Å². The lowest BCUT2D eigenvalue weighted by atomic mass is 9.91. The zero-order valence-corrected chi connectivity index (χ0v) is 11.3. The predicted octanol–water partition coefficient (Wildman–Crippen LogP) is 2.76. The first kappa shape index (κ1) is 13.3. The van der Waals surface area contributed by atoms with Crippen LogP contribution in [0.3, 0.4) is 0 Å². The molecule has 0 amide bonds. The average Bonchev–Trinajstić information content (AvgIpc) is 2.40. The van der Waals surface area contributed by atoms with E-state index in [1.807, 2.05) is 6.07 Å². The molecule has 1 heterocycles.